The number of aromatic nitrogens is 2. The van der Waals surface area contributed by atoms with Crippen molar-refractivity contribution in [2.75, 3.05) is 13.1 Å². The van der Waals surface area contributed by atoms with E-state index in [1.165, 1.54) is 11.3 Å². The third kappa shape index (κ3) is 2.76. The minimum atomic E-state index is -0.173. The average Bonchev–Trinajstić information content (AvgIpc) is 3.10. The molecule has 2 aromatic rings. The van der Waals surface area contributed by atoms with Crippen molar-refractivity contribution in [3.63, 3.8) is 0 Å². The van der Waals surface area contributed by atoms with Crippen LogP contribution in [0.25, 0.3) is 5.82 Å². The second-order valence-electron chi connectivity index (χ2n) is 4.48. The number of urea groups is 1. The van der Waals surface area contributed by atoms with E-state index < -0.39 is 0 Å². The number of rotatable bonds is 1. The van der Waals surface area contributed by atoms with E-state index in [1.807, 2.05) is 11.6 Å². The third-order valence-electron chi connectivity index (χ3n) is 3.12. The van der Waals surface area contributed by atoms with Crippen molar-refractivity contribution in [3.8, 4) is 5.82 Å². The Morgan fingerprint density at radius 3 is 2.85 bits per heavy atom. The van der Waals surface area contributed by atoms with Gasteiger partial charge >= 0.3 is 6.03 Å². The van der Waals surface area contributed by atoms with Crippen molar-refractivity contribution in [1.82, 2.24) is 14.5 Å². The molecule has 1 aliphatic rings. The molecule has 0 unspecified atom stereocenters. The van der Waals surface area contributed by atoms with Crippen LogP contribution in [0.3, 0.4) is 0 Å². The lowest BCUT2D eigenvalue weighted by Crippen LogP contribution is -2.27. The van der Waals surface area contributed by atoms with E-state index in [-0.39, 0.29) is 6.03 Å². The summed E-state index contributed by atoms with van der Waals surface area (Å²) in [5.41, 5.74) is 0. The number of thiazole rings is 1. The Kier molecular flexibility index (Phi) is 3.84. The van der Waals surface area contributed by atoms with Gasteiger partial charge in [-0.2, -0.15) is 4.99 Å². The SMILES string of the molecule is O=C(N=c1sccn1-c1ccc(Cl)cn1)N1CCCC1. The number of carbonyl (C=O) groups excluding carboxylic acids is 1. The predicted octanol–water partition coefficient (Wildman–Crippen LogP) is 2.70. The molecule has 7 heteroatoms. The monoisotopic (exact) mass is 308 g/mol. The summed E-state index contributed by atoms with van der Waals surface area (Å²) < 4.78 is 1.79. The number of hydrogen-bond acceptors (Lipinski definition) is 3. The summed E-state index contributed by atoms with van der Waals surface area (Å²) in [7, 11) is 0. The van der Waals surface area contributed by atoms with Crippen LogP contribution in [0.5, 0.6) is 0 Å². The minimum absolute atomic E-state index is 0.173. The van der Waals surface area contributed by atoms with Crippen LogP contribution in [-0.2, 0) is 0 Å². The summed E-state index contributed by atoms with van der Waals surface area (Å²) in [5.74, 6) is 0.698. The molecule has 5 nitrogen and oxygen atoms in total. The normalized spacial score (nSPS) is 15.8. The van der Waals surface area contributed by atoms with Crippen LogP contribution in [-0.4, -0.2) is 33.6 Å². The fourth-order valence-corrected chi connectivity index (χ4v) is 2.91. The molecule has 0 spiro atoms. The molecule has 3 heterocycles. The van der Waals surface area contributed by atoms with Gasteiger partial charge in [0, 0.05) is 30.9 Å². The molecule has 20 heavy (non-hydrogen) atoms. The Bertz CT molecular complexity index is 670. The predicted molar refractivity (Wildman–Crippen MR) is 78.2 cm³/mol. The lowest BCUT2D eigenvalue weighted by atomic mass is 10.4. The topological polar surface area (TPSA) is 50.5 Å². The summed E-state index contributed by atoms with van der Waals surface area (Å²) in [4.78, 5) is 22.9. The van der Waals surface area contributed by atoms with Crippen LogP contribution in [0.2, 0.25) is 5.02 Å². The second-order valence-corrected chi connectivity index (χ2v) is 5.79. The van der Waals surface area contributed by atoms with E-state index in [0.717, 1.165) is 25.9 Å². The van der Waals surface area contributed by atoms with Crippen molar-refractivity contribution in [2.45, 2.75) is 12.8 Å². The van der Waals surface area contributed by atoms with E-state index in [2.05, 4.69) is 9.98 Å². The van der Waals surface area contributed by atoms with E-state index in [4.69, 9.17) is 11.6 Å². The number of pyridine rings is 1. The second kappa shape index (κ2) is 5.76. The van der Waals surface area contributed by atoms with E-state index in [0.29, 0.717) is 15.6 Å². The Morgan fingerprint density at radius 2 is 2.15 bits per heavy atom. The molecule has 1 fully saturated rings. The van der Waals surface area contributed by atoms with Gasteiger partial charge in [-0.05, 0) is 25.0 Å². The molecule has 104 valence electrons. The first-order chi connectivity index (χ1) is 9.74. The number of hydrogen-bond donors (Lipinski definition) is 0. The molecule has 0 radical (unpaired) electrons. The van der Waals surface area contributed by atoms with Crippen LogP contribution in [0.1, 0.15) is 12.8 Å². The van der Waals surface area contributed by atoms with Crippen LogP contribution in [0.15, 0.2) is 34.9 Å². The quantitative estimate of drug-likeness (QED) is 0.813. The van der Waals surface area contributed by atoms with Gasteiger partial charge in [-0.3, -0.25) is 4.57 Å². The molecule has 2 aromatic heterocycles. The number of nitrogens with zero attached hydrogens (tertiary/aromatic N) is 4. The summed E-state index contributed by atoms with van der Waals surface area (Å²) in [5, 5.41) is 2.46. The number of halogens is 1. The molecular weight excluding hydrogens is 296 g/mol. The molecule has 0 bridgehead atoms. The smallest absolute Gasteiger partial charge is 0.323 e. The molecule has 0 saturated carbocycles. The van der Waals surface area contributed by atoms with Gasteiger partial charge in [-0.15, -0.1) is 11.3 Å². The van der Waals surface area contributed by atoms with Crippen molar-refractivity contribution in [1.29, 1.82) is 0 Å². The van der Waals surface area contributed by atoms with E-state index in [9.17, 15) is 4.79 Å². The van der Waals surface area contributed by atoms with Crippen molar-refractivity contribution >= 4 is 29.0 Å². The summed E-state index contributed by atoms with van der Waals surface area (Å²) in [6.45, 7) is 1.60. The highest BCUT2D eigenvalue weighted by Crippen LogP contribution is 2.10. The lowest BCUT2D eigenvalue weighted by Gasteiger charge is -2.10. The van der Waals surface area contributed by atoms with Crippen LogP contribution in [0.4, 0.5) is 4.79 Å². The van der Waals surface area contributed by atoms with E-state index in [1.54, 1.807) is 27.8 Å². The fourth-order valence-electron chi connectivity index (χ4n) is 2.10. The first-order valence-electron chi connectivity index (χ1n) is 6.36. The highest BCUT2D eigenvalue weighted by molar-refractivity contribution is 7.07. The maximum atomic E-state index is 12.1. The van der Waals surface area contributed by atoms with Gasteiger partial charge in [0.25, 0.3) is 0 Å². The largest absolute Gasteiger partial charge is 0.346 e. The number of likely N-dealkylation sites (tertiary alicyclic amines) is 1. The van der Waals surface area contributed by atoms with Gasteiger partial charge in [0.15, 0.2) is 4.80 Å². The molecule has 0 N–H and O–H groups in total. The van der Waals surface area contributed by atoms with Crippen LogP contribution >= 0.6 is 22.9 Å². The van der Waals surface area contributed by atoms with Crippen molar-refractivity contribution in [2.24, 2.45) is 4.99 Å². The molecule has 3 rings (SSSR count). The average molecular weight is 309 g/mol. The van der Waals surface area contributed by atoms with Gasteiger partial charge in [0.1, 0.15) is 5.82 Å². The molecule has 1 aliphatic heterocycles. The van der Waals surface area contributed by atoms with Gasteiger partial charge < -0.3 is 4.90 Å². The Hall–Kier alpha value is -1.66. The summed E-state index contributed by atoms with van der Waals surface area (Å²) >= 11 is 7.24. The Balaban J connectivity index is 1.93. The van der Waals surface area contributed by atoms with Crippen molar-refractivity contribution in [3.05, 3.63) is 39.7 Å². The third-order valence-corrected chi connectivity index (χ3v) is 4.10. The van der Waals surface area contributed by atoms with Gasteiger partial charge in [0.05, 0.1) is 5.02 Å². The minimum Gasteiger partial charge on any atom is -0.323 e. The van der Waals surface area contributed by atoms with E-state index >= 15 is 0 Å². The molecule has 1 saturated heterocycles. The maximum Gasteiger partial charge on any atom is 0.346 e. The first-order valence-corrected chi connectivity index (χ1v) is 7.61. The molecule has 0 aliphatic carbocycles. The Labute approximate surface area is 125 Å². The van der Waals surface area contributed by atoms with Crippen molar-refractivity contribution < 1.29 is 4.79 Å². The highest BCUT2D eigenvalue weighted by Gasteiger charge is 2.17. The number of amides is 2. The zero-order chi connectivity index (χ0) is 13.9. The van der Waals surface area contributed by atoms with Gasteiger partial charge in [-0.1, -0.05) is 11.6 Å². The highest BCUT2D eigenvalue weighted by atomic mass is 35.5. The zero-order valence-corrected chi connectivity index (χ0v) is 12.3. The lowest BCUT2D eigenvalue weighted by molar-refractivity contribution is 0.218. The van der Waals surface area contributed by atoms with Crippen LogP contribution < -0.4 is 4.80 Å². The summed E-state index contributed by atoms with van der Waals surface area (Å²) in [6.07, 6.45) is 5.54. The zero-order valence-electron chi connectivity index (χ0n) is 10.7. The number of carbonyl (C=O) groups is 1. The standard InChI is InChI=1S/C13H13ClN4OS/c14-10-3-4-11(15-9-10)18-7-8-20-13(18)16-12(19)17-5-1-2-6-17/h3-4,7-9H,1-2,5-6H2. The molecule has 0 aromatic carbocycles. The fraction of sp³-hybridized carbons (Fsp3) is 0.308. The van der Waals surface area contributed by atoms with Gasteiger partial charge in [0.2, 0.25) is 0 Å². The Morgan fingerprint density at radius 1 is 1.35 bits per heavy atom. The molecule has 0 atom stereocenters. The maximum absolute atomic E-state index is 12.1. The molecule has 2 amide bonds. The first kappa shape index (κ1) is 13.3. The molecular formula is C13H13ClN4OS. The summed E-state index contributed by atoms with van der Waals surface area (Å²) in [6, 6.07) is 3.39. The van der Waals surface area contributed by atoms with Gasteiger partial charge in [-0.25, -0.2) is 9.78 Å². The van der Waals surface area contributed by atoms with Crippen LogP contribution in [0, 0.1) is 0 Å².